The zero-order valence-corrected chi connectivity index (χ0v) is 12.4. The van der Waals surface area contributed by atoms with E-state index in [0.717, 1.165) is 36.6 Å². The molecule has 102 valence electrons. The van der Waals surface area contributed by atoms with Crippen molar-refractivity contribution in [2.24, 2.45) is 5.92 Å². The first-order chi connectivity index (χ1) is 9.06. The lowest BCUT2D eigenvalue weighted by Gasteiger charge is -2.25. The minimum absolute atomic E-state index is 0.0301. The monoisotopic (exact) mass is 278 g/mol. The molecule has 1 heterocycles. The maximum atomic E-state index is 8.97. The van der Waals surface area contributed by atoms with Gasteiger partial charge in [0.1, 0.15) is 16.8 Å². The first-order valence-electron chi connectivity index (χ1n) is 6.75. The Labute approximate surface area is 119 Å². The van der Waals surface area contributed by atoms with Crippen molar-refractivity contribution in [1.29, 1.82) is 5.26 Å². The summed E-state index contributed by atoms with van der Waals surface area (Å²) in [5.74, 6) is 2.18. The second kappa shape index (κ2) is 5.75. The number of anilines is 1. The Balaban J connectivity index is 2.32. The number of hydrogen-bond acceptors (Lipinski definition) is 4. The zero-order valence-electron chi connectivity index (χ0n) is 11.6. The van der Waals surface area contributed by atoms with Crippen LogP contribution in [0, 0.1) is 24.2 Å². The van der Waals surface area contributed by atoms with Crippen molar-refractivity contribution in [3.8, 4) is 6.07 Å². The van der Waals surface area contributed by atoms with E-state index >= 15 is 0 Å². The third kappa shape index (κ3) is 3.16. The predicted octanol–water partition coefficient (Wildman–Crippen LogP) is 3.30. The number of hydrogen-bond donors (Lipinski definition) is 0. The van der Waals surface area contributed by atoms with Gasteiger partial charge >= 0.3 is 0 Å². The molecule has 0 aliphatic heterocycles. The van der Waals surface area contributed by atoms with Gasteiger partial charge in [-0.2, -0.15) is 5.26 Å². The van der Waals surface area contributed by atoms with Crippen LogP contribution in [0.5, 0.6) is 0 Å². The van der Waals surface area contributed by atoms with Crippen LogP contribution in [0.25, 0.3) is 0 Å². The van der Waals surface area contributed by atoms with Gasteiger partial charge < -0.3 is 4.90 Å². The zero-order chi connectivity index (χ0) is 14.0. The van der Waals surface area contributed by atoms with Crippen molar-refractivity contribution in [3.05, 3.63) is 16.5 Å². The highest BCUT2D eigenvalue weighted by atomic mass is 35.5. The number of nitrogens with zero attached hydrogens (tertiary/aromatic N) is 4. The molecule has 0 N–H and O–H groups in total. The first-order valence-corrected chi connectivity index (χ1v) is 7.13. The smallest absolute Gasteiger partial charge is 0.137 e. The van der Waals surface area contributed by atoms with E-state index in [4.69, 9.17) is 16.9 Å². The van der Waals surface area contributed by atoms with Crippen LogP contribution in [0.2, 0.25) is 5.15 Å². The molecule has 0 aromatic carbocycles. The number of nitriles is 1. The van der Waals surface area contributed by atoms with Gasteiger partial charge in [0.25, 0.3) is 0 Å². The largest absolute Gasteiger partial charge is 0.355 e. The normalized spacial score (nSPS) is 15.9. The maximum Gasteiger partial charge on any atom is 0.137 e. The summed E-state index contributed by atoms with van der Waals surface area (Å²) in [6.45, 7) is 7.41. The molecule has 0 spiro atoms. The summed E-state index contributed by atoms with van der Waals surface area (Å²) in [7, 11) is 0. The van der Waals surface area contributed by atoms with Crippen LogP contribution < -0.4 is 4.90 Å². The number of aromatic nitrogens is 2. The topological polar surface area (TPSA) is 52.8 Å². The Hall–Kier alpha value is -1.34. The molecular formula is C14H19ClN4. The van der Waals surface area contributed by atoms with E-state index in [0.29, 0.717) is 17.6 Å². The second-order valence-electron chi connectivity index (χ2n) is 5.16. The van der Waals surface area contributed by atoms with E-state index in [1.807, 2.05) is 13.8 Å². The SMILES string of the molecule is CCN(CC(C)C#N)c1nc(C2CC2)nc(Cl)c1C. The molecule has 0 saturated heterocycles. The number of halogens is 1. The summed E-state index contributed by atoms with van der Waals surface area (Å²) in [5.41, 5.74) is 0.901. The summed E-state index contributed by atoms with van der Waals surface area (Å²) in [4.78, 5) is 11.2. The molecule has 1 atom stereocenters. The van der Waals surface area contributed by atoms with Crippen molar-refractivity contribution in [2.45, 2.75) is 39.5 Å². The summed E-state index contributed by atoms with van der Waals surface area (Å²) in [6.07, 6.45) is 2.30. The fourth-order valence-electron chi connectivity index (χ4n) is 2.06. The van der Waals surface area contributed by atoms with Gasteiger partial charge in [-0.3, -0.25) is 0 Å². The Morgan fingerprint density at radius 3 is 2.68 bits per heavy atom. The molecule has 1 aliphatic carbocycles. The maximum absolute atomic E-state index is 8.97. The van der Waals surface area contributed by atoms with Crippen molar-refractivity contribution >= 4 is 17.4 Å². The summed E-state index contributed by atoms with van der Waals surface area (Å²) < 4.78 is 0. The predicted molar refractivity (Wildman–Crippen MR) is 76.4 cm³/mol. The van der Waals surface area contributed by atoms with Crippen molar-refractivity contribution in [1.82, 2.24) is 9.97 Å². The molecule has 1 saturated carbocycles. The quantitative estimate of drug-likeness (QED) is 0.776. The molecule has 1 aliphatic rings. The summed E-state index contributed by atoms with van der Waals surface area (Å²) >= 11 is 6.22. The average molecular weight is 279 g/mol. The summed E-state index contributed by atoms with van der Waals surface area (Å²) in [5, 5.41) is 9.50. The Bertz CT molecular complexity index is 505. The molecule has 0 amide bonds. The molecule has 19 heavy (non-hydrogen) atoms. The van der Waals surface area contributed by atoms with Gasteiger partial charge in [0, 0.05) is 24.6 Å². The molecule has 1 aromatic rings. The van der Waals surface area contributed by atoms with Gasteiger partial charge in [0.05, 0.1) is 12.0 Å². The average Bonchev–Trinajstić information content (AvgIpc) is 3.23. The van der Waals surface area contributed by atoms with E-state index in [1.54, 1.807) is 0 Å². The molecule has 4 nitrogen and oxygen atoms in total. The van der Waals surface area contributed by atoms with Crippen molar-refractivity contribution in [3.63, 3.8) is 0 Å². The van der Waals surface area contributed by atoms with Gasteiger partial charge in [0.15, 0.2) is 0 Å². The fraction of sp³-hybridized carbons (Fsp3) is 0.643. The molecule has 0 radical (unpaired) electrons. The standard InChI is InChI=1S/C14H19ClN4/c1-4-19(8-9(2)7-16)14-10(3)12(15)17-13(18-14)11-5-6-11/h9,11H,4-6,8H2,1-3H3. The van der Waals surface area contributed by atoms with Crippen LogP contribution in [0.4, 0.5) is 5.82 Å². The van der Waals surface area contributed by atoms with Crippen LogP contribution in [-0.4, -0.2) is 23.1 Å². The van der Waals surface area contributed by atoms with Crippen molar-refractivity contribution in [2.75, 3.05) is 18.0 Å². The highest BCUT2D eigenvalue weighted by molar-refractivity contribution is 6.30. The molecular weight excluding hydrogens is 260 g/mol. The van der Waals surface area contributed by atoms with Gasteiger partial charge in [-0.05, 0) is 33.6 Å². The van der Waals surface area contributed by atoms with E-state index in [-0.39, 0.29) is 5.92 Å². The van der Waals surface area contributed by atoms with Gasteiger partial charge in [-0.25, -0.2) is 9.97 Å². The Morgan fingerprint density at radius 1 is 1.47 bits per heavy atom. The third-order valence-corrected chi connectivity index (χ3v) is 3.78. The fourth-order valence-corrected chi connectivity index (χ4v) is 2.23. The molecule has 1 aromatic heterocycles. The van der Waals surface area contributed by atoms with Gasteiger partial charge in [0.2, 0.25) is 0 Å². The minimum Gasteiger partial charge on any atom is -0.355 e. The van der Waals surface area contributed by atoms with Crippen LogP contribution in [-0.2, 0) is 0 Å². The summed E-state index contributed by atoms with van der Waals surface area (Å²) in [6, 6.07) is 2.27. The molecule has 5 heteroatoms. The third-order valence-electron chi connectivity index (χ3n) is 3.42. The van der Waals surface area contributed by atoms with Crippen LogP contribution >= 0.6 is 11.6 Å². The highest BCUT2D eigenvalue weighted by Gasteiger charge is 2.28. The lowest BCUT2D eigenvalue weighted by molar-refractivity contribution is 0.673. The van der Waals surface area contributed by atoms with E-state index in [2.05, 4.69) is 27.9 Å². The van der Waals surface area contributed by atoms with E-state index < -0.39 is 0 Å². The van der Waals surface area contributed by atoms with E-state index in [1.165, 1.54) is 0 Å². The van der Waals surface area contributed by atoms with Crippen LogP contribution in [0.3, 0.4) is 0 Å². The second-order valence-corrected chi connectivity index (χ2v) is 5.52. The Kier molecular flexibility index (Phi) is 4.26. The molecule has 2 rings (SSSR count). The number of rotatable bonds is 5. The Morgan fingerprint density at radius 2 is 2.16 bits per heavy atom. The molecule has 0 bridgehead atoms. The lowest BCUT2D eigenvalue weighted by Crippen LogP contribution is -2.29. The van der Waals surface area contributed by atoms with E-state index in [9.17, 15) is 0 Å². The van der Waals surface area contributed by atoms with Crippen LogP contribution in [0.1, 0.15) is 44.0 Å². The highest BCUT2D eigenvalue weighted by Crippen LogP contribution is 2.39. The van der Waals surface area contributed by atoms with Gasteiger partial charge in [-0.1, -0.05) is 11.6 Å². The van der Waals surface area contributed by atoms with Crippen LogP contribution in [0.15, 0.2) is 0 Å². The molecule has 1 unspecified atom stereocenters. The van der Waals surface area contributed by atoms with Gasteiger partial charge in [-0.15, -0.1) is 0 Å². The minimum atomic E-state index is -0.0301. The lowest BCUT2D eigenvalue weighted by atomic mass is 10.2. The molecule has 1 fully saturated rings. The first kappa shape index (κ1) is 14.1. The van der Waals surface area contributed by atoms with Crippen molar-refractivity contribution < 1.29 is 0 Å².